The topological polar surface area (TPSA) is 43.9 Å². The number of pyridine rings is 1. The number of aryl methyl sites for hydroxylation is 1. The number of hydrogen-bond donors (Lipinski definition) is 0. The Hall–Kier alpha value is -6.17. The van der Waals surface area contributed by atoms with Crippen LogP contribution in [-0.2, 0) is 25.5 Å². The minimum atomic E-state index is -2.13. The second-order valence-electron chi connectivity index (χ2n) is 18.7. The second kappa shape index (κ2) is 18.4. The molecule has 0 atom stereocenters. The summed E-state index contributed by atoms with van der Waals surface area (Å²) in [6.07, 6.45) is 1.89. The molecular weight excluding hydrogens is 987 g/mol. The van der Waals surface area contributed by atoms with E-state index < -0.39 is 20.8 Å². The zero-order chi connectivity index (χ0) is 48.2. The van der Waals surface area contributed by atoms with Crippen molar-refractivity contribution in [2.75, 3.05) is 0 Å². The van der Waals surface area contributed by atoms with E-state index >= 15 is 0 Å². The molecule has 0 saturated carbocycles. The van der Waals surface area contributed by atoms with Crippen LogP contribution in [0.1, 0.15) is 62.7 Å². The molecule has 0 saturated heterocycles. The molecule has 65 heavy (non-hydrogen) atoms. The molecule has 327 valence electrons. The monoisotopic (exact) mass is 1050 g/mol. The van der Waals surface area contributed by atoms with Crippen molar-refractivity contribution in [2.24, 2.45) is 0 Å². The van der Waals surface area contributed by atoms with Crippen LogP contribution < -0.4 is 5.19 Å². The number of fused-ring (bicyclic) bond motifs is 4. The zero-order valence-electron chi connectivity index (χ0n) is 42.2. The smallest absolute Gasteiger partial charge is 0.120 e. The summed E-state index contributed by atoms with van der Waals surface area (Å²) in [5.74, 6) is 0.0834. The van der Waals surface area contributed by atoms with Crippen LogP contribution in [0.3, 0.4) is 0 Å². The van der Waals surface area contributed by atoms with Gasteiger partial charge in [-0.15, -0.1) is 53.6 Å². The summed E-state index contributed by atoms with van der Waals surface area (Å²) in [7, 11) is -1.61. The molecule has 1 radical (unpaired) electrons. The fraction of sp³-hybridized carbons (Fsp3) is 0.186. The number of hydrogen-bond acceptors (Lipinski definition) is 3. The van der Waals surface area contributed by atoms with Crippen LogP contribution in [0, 0.1) is 19.0 Å². The summed E-state index contributed by atoms with van der Waals surface area (Å²) in [6.45, 7) is 15.2. The maximum atomic E-state index is 8.48. The average Bonchev–Trinajstić information content (AvgIpc) is 3.89. The van der Waals surface area contributed by atoms with Crippen molar-refractivity contribution in [1.29, 1.82) is 0 Å². The molecule has 10 rings (SSSR count). The first-order chi connectivity index (χ1) is 32.3. The molecule has 0 aliphatic heterocycles. The Morgan fingerprint density at radius 2 is 1.38 bits per heavy atom. The molecular formula is C59H55IrN3OSi-2. The second-order valence-corrected chi connectivity index (χ2v) is 23.8. The summed E-state index contributed by atoms with van der Waals surface area (Å²) in [4.78, 5) is 9.85. The molecule has 0 spiro atoms. The van der Waals surface area contributed by atoms with Crippen molar-refractivity contribution in [3.63, 3.8) is 0 Å². The predicted molar refractivity (Wildman–Crippen MR) is 273 cm³/mol. The van der Waals surface area contributed by atoms with Crippen LogP contribution in [0.5, 0.6) is 0 Å². The van der Waals surface area contributed by atoms with E-state index in [0.717, 1.165) is 89.1 Å². The largest absolute Gasteiger partial charge is 0.501 e. The number of imidazole rings is 1. The van der Waals surface area contributed by atoms with E-state index in [1.807, 2.05) is 50.4 Å². The fourth-order valence-corrected chi connectivity index (χ4v) is 10.0. The van der Waals surface area contributed by atoms with Crippen molar-refractivity contribution < 1.29 is 30.0 Å². The maximum absolute atomic E-state index is 8.48. The Kier molecular flexibility index (Phi) is 11.4. The van der Waals surface area contributed by atoms with Crippen molar-refractivity contribution in [2.45, 2.75) is 72.4 Å². The number of aromatic nitrogens is 3. The van der Waals surface area contributed by atoms with Gasteiger partial charge in [-0.3, -0.25) is 4.98 Å². The Morgan fingerprint density at radius 1 is 0.738 bits per heavy atom. The summed E-state index contributed by atoms with van der Waals surface area (Å²) in [6, 6.07) is 60.1. The van der Waals surface area contributed by atoms with Gasteiger partial charge < -0.3 is 14.0 Å². The Bertz CT molecular complexity index is 3370. The zero-order valence-corrected chi connectivity index (χ0v) is 41.6. The molecule has 6 heteroatoms. The molecule has 0 aliphatic rings. The molecule has 3 heterocycles. The summed E-state index contributed by atoms with van der Waals surface area (Å²) in [5, 5.41) is 3.33. The molecule has 0 N–H and O–H groups in total. The molecule has 0 fully saturated rings. The molecule has 3 aromatic heterocycles. The van der Waals surface area contributed by atoms with Crippen LogP contribution in [0.4, 0.5) is 0 Å². The Labute approximate surface area is 404 Å². The van der Waals surface area contributed by atoms with Gasteiger partial charge in [-0.25, -0.2) is 0 Å². The summed E-state index contributed by atoms with van der Waals surface area (Å²) in [5.41, 5.74) is 14.1. The first-order valence-electron chi connectivity index (χ1n) is 23.9. The van der Waals surface area contributed by atoms with E-state index in [4.69, 9.17) is 14.9 Å². The minimum Gasteiger partial charge on any atom is -0.501 e. The quantitative estimate of drug-likeness (QED) is 0.118. The van der Waals surface area contributed by atoms with Gasteiger partial charge in [0.15, 0.2) is 0 Å². The van der Waals surface area contributed by atoms with Crippen LogP contribution in [0.15, 0.2) is 168 Å². The van der Waals surface area contributed by atoms with E-state index in [9.17, 15) is 0 Å². The maximum Gasteiger partial charge on any atom is 0.120 e. The van der Waals surface area contributed by atoms with E-state index in [1.165, 1.54) is 16.8 Å². The molecule has 0 aliphatic carbocycles. The third-order valence-electron chi connectivity index (χ3n) is 11.8. The van der Waals surface area contributed by atoms with Gasteiger partial charge in [-0.05, 0) is 69.2 Å². The van der Waals surface area contributed by atoms with Gasteiger partial charge in [0.05, 0.1) is 36.2 Å². The number of furan rings is 1. The fourth-order valence-electron chi connectivity index (χ4n) is 8.46. The van der Waals surface area contributed by atoms with Gasteiger partial charge in [0.2, 0.25) is 0 Å². The molecule has 4 nitrogen and oxygen atoms in total. The van der Waals surface area contributed by atoms with E-state index in [-0.39, 0.29) is 31.1 Å². The van der Waals surface area contributed by atoms with Crippen LogP contribution >= 0.6 is 0 Å². The normalized spacial score (nSPS) is 13.0. The van der Waals surface area contributed by atoms with Crippen LogP contribution in [0.25, 0.3) is 83.6 Å². The van der Waals surface area contributed by atoms with Crippen molar-refractivity contribution >= 4 is 46.2 Å². The average molecular weight is 1050 g/mol. The number of para-hydroxylation sites is 3. The summed E-state index contributed by atoms with van der Waals surface area (Å²) < 4.78 is 39.7. The van der Waals surface area contributed by atoms with Crippen LogP contribution in [-0.4, -0.2) is 22.6 Å². The number of rotatable bonds is 7. The van der Waals surface area contributed by atoms with Gasteiger partial charge >= 0.3 is 0 Å². The van der Waals surface area contributed by atoms with Crippen molar-refractivity contribution in [3.8, 4) is 50.6 Å². The van der Waals surface area contributed by atoms with E-state index in [0.29, 0.717) is 0 Å². The predicted octanol–water partition coefficient (Wildman–Crippen LogP) is 15.5. The van der Waals surface area contributed by atoms with E-state index in [2.05, 4.69) is 171 Å². The Morgan fingerprint density at radius 3 is 2.00 bits per heavy atom. The van der Waals surface area contributed by atoms with Gasteiger partial charge in [-0.2, -0.15) is 0 Å². The Balaban J connectivity index is 0.000000219. The van der Waals surface area contributed by atoms with E-state index in [1.54, 1.807) is 12.1 Å². The van der Waals surface area contributed by atoms with Crippen LogP contribution in [0.2, 0.25) is 19.6 Å². The third kappa shape index (κ3) is 9.09. The number of benzene rings is 7. The molecule has 10 aromatic rings. The van der Waals surface area contributed by atoms with Gasteiger partial charge in [0.1, 0.15) is 5.58 Å². The molecule has 7 aromatic carbocycles. The number of nitrogens with zero attached hydrogens (tertiary/aromatic N) is 3. The molecule has 0 amide bonds. The molecule has 0 bridgehead atoms. The van der Waals surface area contributed by atoms with Crippen molar-refractivity contribution in [3.05, 3.63) is 193 Å². The molecule has 0 unspecified atom stereocenters. The van der Waals surface area contributed by atoms with Gasteiger partial charge in [0.25, 0.3) is 0 Å². The first-order valence-corrected chi connectivity index (χ1v) is 25.4. The van der Waals surface area contributed by atoms with Gasteiger partial charge in [-0.1, -0.05) is 175 Å². The van der Waals surface area contributed by atoms with Crippen molar-refractivity contribution in [1.82, 2.24) is 14.5 Å². The SMILES string of the molecule is CC(C)(C)c1cc(-c2ccccc2)c(-n2c(-c3[c-]ccc4c3oc3ccccc34)nc3ccccc32)c(-c2ccccc2)c1.[2H]C([2H])([2H])c1c[c-]c(-c2cc(C([2H])(C)C)c([Si](C)(C)C)cn2)cc1.[Ir]. The minimum absolute atomic E-state index is 0. The standard InChI is InChI=1S/C41H31N2O.C18H24NSi.Ir/c1-41(2,3)29-25-33(27-15-6-4-7-16-27)38(34(26-29)28-17-8-5-9-18-28)43-36-23-12-11-22-35(36)42-40(43)32-21-14-20-31-30-19-10-13-24-37(30)44-39(31)32;1-13(2)16-11-17(15-9-7-14(3)8-10-15)19-12-18(16)20(4,5)6;/h4-20,22-26H,1-3H3;7-9,11-13H,1-6H3;/q2*-1;/i;3D3,13D;. The third-order valence-corrected chi connectivity index (χ3v) is 13.8. The summed E-state index contributed by atoms with van der Waals surface area (Å²) >= 11 is 0. The van der Waals surface area contributed by atoms with Gasteiger partial charge in [0, 0.05) is 48.3 Å². The first kappa shape index (κ1) is 40.3.